The van der Waals surface area contributed by atoms with Crippen LogP contribution in [0.15, 0.2) is 6.07 Å². The first-order chi connectivity index (χ1) is 11.9. The van der Waals surface area contributed by atoms with Gasteiger partial charge >= 0.3 is 0 Å². The van der Waals surface area contributed by atoms with Crippen molar-refractivity contribution in [1.82, 2.24) is 30.0 Å². The molecule has 0 saturated carbocycles. The Bertz CT molecular complexity index is 777. The van der Waals surface area contributed by atoms with Crippen LogP contribution in [0.3, 0.4) is 0 Å². The minimum atomic E-state index is 0.154. The molecule has 3 rings (SSSR count). The summed E-state index contributed by atoms with van der Waals surface area (Å²) in [6, 6.07) is 2.16. The van der Waals surface area contributed by atoms with Gasteiger partial charge < -0.3 is 10.2 Å². The molecular weight excluding hydrogens is 316 g/mol. The maximum atomic E-state index is 12.8. The van der Waals surface area contributed by atoms with E-state index in [-0.39, 0.29) is 11.9 Å². The van der Waals surface area contributed by atoms with Crippen LogP contribution in [-0.4, -0.2) is 56.2 Å². The van der Waals surface area contributed by atoms with Crippen LogP contribution in [-0.2, 0) is 11.2 Å². The topological polar surface area (TPSA) is 75.9 Å². The highest BCUT2D eigenvalue weighted by Crippen LogP contribution is 2.18. The molecule has 1 aliphatic heterocycles. The second-order valence-corrected chi connectivity index (χ2v) is 6.83. The molecule has 0 spiro atoms. The van der Waals surface area contributed by atoms with Gasteiger partial charge in [-0.05, 0) is 40.7 Å². The van der Waals surface area contributed by atoms with E-state index in [1.165, 1.54) is 0 Å². The molecule has 1 atom stereocenters. The van der Waals surface area contributed by atoms with E-state index in [2.05, 4.69) is 27.3 Å². The molecule has 7 nitrogen and oxygen atoms in total. The van der Waals surface area contributed by atoms with Gasteiger partial charge in [0, 0.05) is 48.3 Å². The van der Waals surface area contributed by atoms with Crippen molar-refractivity contribution in [2.75, 3.05) is 19.6 Å². The first kappa shape index (κ1) is 17.5. The molecule has 25 heavy (non-hydrogen) atoms. The Kier molecular flexibility index (Phi) is 4.85. The second kappa shape index (κ2) is 6.92. The summed E-state index contributed by atoms with van der Waals surface area (Å²) in [7, 11) is 0. The average molecular weight is 342 g/mol. The van der Waals surface area contributed by atoms with E-state index in [0.29, 0.717) is 12.4 Å². The summed E-state index contributed by atoms with van der Waals surface area (Å²) in [5, 5.41) is 7.90. The molecule has 1 saturated heterocycles. The van der Waals surface area contributed by atoms with Gasteiger partial charge in [0.1, 0.15) is 0 Å². The molecule has 0 unspecified atom stereocenters. The molecule has 3 heterocycles. The summed E-state index contributed by atoms with van der Waals surface area (Å²) in [6.45, 7) is 12.3. The Balaban J connectivity index is 1.88. The Morgan fingerprint density at radius 3 is 2.56 bits per heavy atom. The SMILES string of the molecule is Cc1cc(C)nc(-n2nc(C)c(CC(=O)N3CCNC[C@H]3C)c2C)n1. The Hall–Kier alpha value is -2.28. The van der Waals surface area contributed by atoms with E-state index in [1.54, 1.807) is 4.68 Å². The molecule has 2 aromatic rings. The largest absolute Gasteiger partial charge is 0.337 e. The molecule has 1 amide bonds. The highest BCUT2D eigenvalue weighted by Gasteiger charge is 2.25. The zero-order valence-corrected chi connectivity index (χ0v) is 15.6. The summed E-state index contributed by atoms with van der Waals surface area (Å²) in [5.41, 5.74) is 4.57. The fourth-order valence-electron chi connectivity index (χ4n) is 3.39. The van der Waals surface area contributed by atoms with Crippen molar-refractivity contribution in [3.63, 3.8) is 0 Å². The molecule has 1 aliphatic rings. The van der Waals surface area contributed by atoms with Crippen molar-refractivity contribution in [1.29, 1.82) is 0 Å². The van der Waals surface area contributed by atoms with Crippen molar-refractivity contribution >= 4 is 5.91 Å². The molecule has 0 radical (unpaired) electrons. The molecule has 134 valence electrons. The van der Waals surface area contributed by atoms with Crippen molar-refractivity contribution < 1.29 is 4.79 Å². The molecular formula is C18H26N6O. The predicted octanol–water partition coefficient (Wildman–Crippen LogP) is 1.26. The van der Waals surface area contributed by atoms with Crippen LogP contribution >= 0.6 is 0 Å². The molecule has 1 fully saturated rings. The van der Waals surface area contributed by atoms with E-state index in [0.717, 1.165) is 48.0 Å². The number of amides is 1. The van der Waals surface area contributed by atoms with Crippen molar-refractivity contribution in [3.8, 4) is 5.95 Å². The number of nitrogens with zero attached hydrogens (tertiary/aromatic N) is 5. The lowest BCUT2D eigenvalue weighted by Gasteiger charge is -2.34. The summed E-state index contributed by atoms with van der Waals surface area (Å²) in [6.07, 6.45) is 0.368. The zero-order chi connectivity index (χ0) is 18.1. The van der Waals surface area contributed by atoms with Crippen LogP contribution in [0.1, 0.15) is 35.3 Å². The number of carbonyl (C=O) groups is 1. The maximum absolute atomic E-state index is 12.8. The van der Waals surface area contributed by atoms with Gasteiger partial charge in [-0.2, -0.15) is 5.10 Å². The summed E-state index contributed by atoms with van der Waals surface area (Å²) in [4.78, 5) is 23.7. The fourth-order valence-corrected chi connectivity index (χ4v) is 3.39. The van der Waals surface area contributed by atoms with Crippen LogP contribution in [0.5, 0.6) is 0 Å². The molecule has 7 heteroatoms. The Labute approximate surface area is 148 Å². The van der Waals surface area contributed by atoms with Crippen LogP contribution < -0.4 is 5.32 Å². The van der Waals surface area contributed by atoms with Crippen molar-refractivity contribution in [2.24, 2.45) is 0 Å². The highest BCUT2D eigenvalue weighted by molar-refractivity contribution is 5.79. The third-order valence-corrected chi connectivity index (χ3v) is 4.75. The normalized spacial score (nSPS) is 17.8. The van der Waals surface area contributed by atoms with Crippen molar-refractivity contribution in [2.45, 2.75) is 47.1 Å². The van der Waals surface area contributed by atoms with Crippen LogP contribution in [0.2, 0.25) is 0 Å². The molecule has 1 N–H and O–H groups in total. The first-order valence-corrected chi connectivity index (χ1v) is 8.74. The van der Waals surface area contributed by atoms with Gasteiger partial charge in [0.25, 0.3) is 5.95 Å². The monoisotopic (exact) mass is 342 g/mol. The number of hydrogen-bond donors (Lipinski definition) is 1. The van der Waals surface area contributed by atoms with Gasteiger partial charge in [0.15, 0.2) is 0 Å². The minimum absolute atomic E-state index is 0.154. The summed E-state index contributed by atoms with van der Waals surface area (Å²) < 4.78 is 1.75. The Morgan fingerprint density at radius 1 is 1.24 bits per heavy atom. The van der Waals surface area contributed by atoms with Gasteiger partial charge in [0.05, 0.1) is 12.1 Å². The molecule has 0 bridgehead atoms. The highest BCUT2D eigenvalue weighted by atomic mass is 16.2. The number of aromatic nitrogens is 4. The van der Waals surface area contributed by atoms with Gasteiger partial charge in [0.2, 0.25) is 5.91 Å². The predicted molar refractivity (Wildman–Crippen MR) is 95.9 cm³/mol. The number of hydrogen-bond acceptors (Lipinski definition) is 5. The summed E-state index contributed by atoms with van der Waals surface area (Å²) in [5.74, 6) is 0.716. The summed E-state index contributed by atoms with van der Waals surface area (Å²) >= 11 is 0. The first-order valence-electron chi connectivity index (χ1n) is 8.74. The fraction of sp³-hybridized carbons (Fsp3) is 0.556. The second-order valence-electron chi connectivity index (χ2n) is 6.83. The zero-order valence-electron chi connectivity index (χ0n) is 15.6. The van der Waals surface area contributed by atoms with E-state index in [9.17, 15) is 4.79 Å². The number of rotatable bonds is 3. The molecule has 2 aromatic heterocycles. The van der Waals surface area contributed by atoms with Crippen molar-refractivity contribution in [3.05, 3.63) is 34.4 Å². The smallest absolute Gasteiger partial charge is 0.251 e. The van der Waals surface area contributed by atoms with Gasteiger partial charge in [-0.3, -0.25) is 4.79 Å². The van der Waals surface area contributed by atoms with Gasteiger partial charge in [-0.15, -0.1) is 0 Å². The van der Waals surface area contributed by atoms with E-state index >= 15 is 0 Å². The molecule has 0 aromatic carbocycles. The van der Waals surface area contributed by atoms with Gasteiger partial charge in [-0.1, -0.05) is 0 Å². The third kappa shape index (κ3) is 3.56. The van der Waals surface area contributed by atoms with Crippen LogP contribution in [0, 0.1) is 27.7 Å². The van der Waals surface area contributed by atoms with E-state index in [1.807, 2.05) is 38.7 Å². The number of aryl methyl sites for hydroxylation is 3. The number of piperazine rings is 1. The lowest BCUT2D eigenvalue weighted by molar-refractivity contribution is -0.133. The van der Waals surface area contributed by atoms with Crippen LogP contribution in [0.4, 0.5) is 0 Å². The Morgan fingerprint density at radius 2 is 1.92 bits per heavy atom. The maximum Gasteiger partial charge on any atom is 0.251 e. The standard InChI is InChI=1S/C18H26N6O/c1-11-8-12(2)21-18(20-11)24-15(5)16(14(4)22-24)9-17(25)23-7-6-19-10-13(23)3/h8,13,19H,6-7,9-10H2,1-5H3/t13-/m1/s1. The average Bonchev–Trinajstić information content (AvgIpc) is 2.82. The van der Waals surface area contributed by atoms with E-state index < -0.39 is 0 Å². The quantitative estimate of drug-likeness (QED) is 0.909. The third-order valence-electron chi connectivity index (χ3n) is 4.75. The minimum Gasteiger partial charge on any atom is -0.337 e. The number of carbonyl (C=O) groups excluding carboxylic acids is 1. The molecule has 0 aliphatic carbocycles. The van der Waals surface area contributed by atoms with Crippen LogP contribution in [0.25, 0.3) is 5.95 Å². The number of nitrogens with one attached hydrogen (secondary N) is 1. The van der Waals surface area contributed by atoms with Gasteiger partial charge in [-0.25, -0.2) is 14.6 Å². The lowest BCUT2D eigenvalue weighted by Crippen LogP contribution is -2.52. The van der Waals surface area contributed by atoms with E-state index in [4.69, 9.17) is 0 Å². The lowest BCUT2D eigenvalue weighted by atomic mass is 10.1.